The summed E-state index contributed by atoms with van der Waals surface area (Å²) < 4.78 is 17.6. The summed E-state index contributed by atoms with van der Waals surface area (Å²) in [5, 5.41) is 0. The van der Waals surface area contributed by atoms with Gasteiger partial charge in [0, 0.05) is 12.7 Å². The SMILES string of the molecule is [B]c1ccc(COC)c(F)c1. The Hall–Kier alpha value is -0.825. The van der Waals surface area contributed by atoms with Gasteiger partial charge in [-0.2, -0.15) is 0 Å². The Kier molecular flexibility index (Phi) is 2.66. The minimum absolute atomic E-state index is 0.284. The second-order valence-corrected chi connectivity index (χ2v) is 2.28. The van der Waals surface area contributed by atoms with Crippen LogP contribution in [0, 0.1) is 5.82 Å². The molecule has 1 rings (SSSR count). The molecule has 0 fully saturated rings. The van der Waals surface area contributed by atoms with Crippen molar-refractivity contribution in [3.8, 4) is 0 Å². The van der Waals surface area contributed by atoms with Gasteiger partial charge in [0.1, 0.15) is 13.7 Å². The Morgan fingerprint density at radius 1 is 1.55 bits per heavy atom. The van der Waals surface area contributed by atoms with Crippen molar-refractivity contribution in [1.29, 1.82) is 0 Å². The van der Waals surface area contributed by atoms with Crippen LogP contribution in [0.4, 0.5) is 4.39 Å². The topological polar surface area (TPSA) is 9.23 Å². The van der Waals surface area contributed by atoms with Gasteiger partial charge in [-0.3, -0.25) is 0 Å². The lowest BCUT2D eigenvalue weighted by Gasteiger charge is -2.01. The third-order valence-electron chi connectivity index (χ3n) is 1.38. The van der Waals surface area contributed by atoms with E-state index in [2.05, 4.69) is 0 Å². The molecule has 0 saturated carbocycles. The van der Waals surface area contributed by atoms with E-state index in [4.69, 9.17) is 12.6 Å². The monoisotopic (exact) mass is 150 g/mol. The third kappa shape index (κ3) is 2.05. The highest BCUT2D eigenvalue weighted by molar-refractivity contribution is 6.32. The van der Waals surface area contributed by atoms with Gasteiger partial charge in [0.2, 0.25) is 0 Å². The van der Waals surface area contributed by atoms with Gasteiger partial charge in [0.25, 0.3) is 0 Å². The van der Waals surface area contributed by atoms with E-state index in [0.29, 0.717) is 11.0 Å². The number of halogens is 1. The number of benzene rings is 1. The fraction of sp³-hybridized carbons (Fsp3) is 0.250. The molecule has 11 heavy (non-hydrogen) atoms. The first-order valence-corrected chi connectivity index (χ1v) is 3.27. The van der Waals surface area contributed by atoms with E-state index in [9.17, 15) is 4.39 Å². The molecule has 0 saturated heterocycles. The Bertz CT molecular complexity index is 250. The van der Waals surface area contributed by atoms with E-state index >= 15 is 0 Å². The molecule has 2 radical (unpaired) electrons. The molecule has 0 aliphatic carbocycles. The molecule has 0 unspecified atom stereocenters. The van der Waals surface area contributed by atoms with Gasteiger partial charge in [-0.1, -0.05) is 17.6 Å². The van der Waals surface area contributed by atoms with Crippen LogP contribution in [0.25, 0.3) is 0 Å². The lowest BCUT2D eigenvalue weighted by Crippen LogP contribution is -2.04. The zero-order valence-corrected chi connectivity index (χ0v) is 6.30. The second-order valence-electron chi connectivity index (χ2n) is 2.28. The summed E-state index contributed by atoms with van der Waals surface area (Å²) in [6, 6.07) is 4.56. The lowest BCUT2D eigenvalue weighted by molar-refractivity contribution is 0.181. The highest BCUT2D eigenvalue weighted by atomic mass is 19.1. The van der Waals surface area contributed by atoms with E-state index in [1.54, 1.807) is 12.1 Å². The highest BCUT2D eigenvalue weighted by Gasteiger charge is 1.99. The van der Waals surface area contributed by atoms with Crippen LogP contribution >= 0.6 is 0 Å². The zero-order chi connectivity index (χ0) is 8.27. The van der Waals surface area contributed by atoms with Gasteiger partial charge >= 0.3 is 0 Å². The molecule has 0 amide bonds. The summed E-state index contributed by atoms with van der Waals surface area (Å²) in [6.45, 7) is 0.284. The molecule has 0 bridgehead atoms. The summed E-state index contributed by atoms with van der Waals surface area (Å²) in [7, 11) is 6.87. The molecule has 1 aromatic carbocycles. The zero-order valence-electron chi connectivity index (χ0n) is 6.30. The average molecular weight is 150 g/mol. The van der Waals surface area contributed by atoms with Crippen LogP contribution in [-0.4, -0.2) is 15.0 Å². The lowest BCUT2D eigenvalue weighted by atomic mass is 9.95. The molecule has 0 aliphatic rings. The molecule has 0 aromatic heterocycles. The predicted octanol–water partition coefficient (Wildman–Crippen LogP) is 0.766. The molecule has 0 spiro atoms. The molecule has 56 valence electrons. The third-order valence-corrected chi connectivity index (χ3v) is 1.38. The largest absolute Gasteiger partial charge is 0.380 e. The minimum Gasteiger partial charge on any atom is -0.380 e. The van der Waals surface area contributed by atoms with Crippen molar-refractivity contribution in [1.82, 2.24) is 0 Å². The smallest absolute Gasteiger partial charge is 0.128 e. The van der Waals surface area contributed by atoms with Crippen LogP contribution in [-0.2, 0) is 11.3 Å². The standard InChI is InChI=1S/C8H8BFO/c1-11-5-6-2-3-7(9)4-8(6)10/h2-4H,5H2,1H3. The van der Waals surface area contributed by atoms with Gasteiger partial charge < -0.3 is 4.74 Å². The van der Waals surface area contributed by atoms with E-state index < -0.39 is 0 Å². The summed E-state index contributed by atoms with van der Waals surface area (Å²) in [6.07, 6.45) is 0. The first kappa shape index (κ1) is 8.27. The van der Waals surface area contributed by atoms with Crippen molar-refractivity contribution >= 4 is 13.3 Å². The maximum atomic E-state index is 12.9. The van der Waals surface area contributed by atoms with E-state index in [1.807, 2.05) is 0 Å². The molecular weight excluding hydrogens is 142 g/mol. The summed E-state index contributed by atoms with van der Waals surface area (Å²) >= 11 is 0. The van der Waals surface area contributed by atoms with Crippen molar-refractivity contribution in [3.05, 3.63) is 29.6 Å². The Labute approximate surface area is 66.6 Å². The molecule has 3 heteroatoms. The fourth-order valence-electron chi connectivity index (χ4n) is 0.836. The molecule has 0 heterocycles. The van der Waals surface area contributed by atoms with Crippen molar-refractivity contribution in [2.75, 3.05) is 7.11 Å². The van der Waals surface area contributed by atoms with Crippen molar-refractivity contribution in [2.24, 2.45) is 0 Å². The van der Waals surface area contributed by atoms with Crippen LogP contribution < -0.4 is 5.46 Å². The Morgan fingerprint density at radius 3 is 2.82 bits per heavy atom. The van der Waals surface area contributed by atoms with Crippen LogP contribution in [0.2, 0.25) is 0 Å². The Balaban J connectivity index is 2.90. The summed E-state index contributed by atoms with van der Waals surface area (Å²) in [5.41, 5.74) is 0.962. The van der Waals surface area contributed by atoms with Crippen LogP contribution in [0.1, 0.15) is 5.56 Å². The van der Waals surface area contributed by atoms with Crippen LogP contribution in [0.15, 0.2) is 18.2 Å². The first-order chi connectivity index (χ1) is 5.24. The quantitative estimate of drug-likeness (QED) is 0.565. The molecular formula is C8H8BFO. The van der Waals surface area contributed by atoms with Gasteiger partial charge in [0.05, 0.1) is 6.61 Å². The van der Waals surface area contributed by atoms with E-state index in [-0.39, 0.29) is 12.4 Å². The molecule has 0 aliphatic heterocycles. The fourth-order valence-corrected chi connectivity index (χ4v) is 0.836. The Morgan fingerprint density at radius 2 is 2.27 bits per heavy atom. The highest BCUT2D eigenvalue weighted by Crippen LogP contribution is 2.04. The second kappa shape index (κ2) is 3.53. The van der Waals surface area contributed by atoms with Gasteiger partial charge in [-0.05, 0) is 6.07 Å². The number of hydrogen-bond donors (Lipinski definition) is 0. The van der Waals surface area contributed by atoms with Crippen molar-refractivity contribution in [2.45, 2.75) is 6.61 Å². The van der Waals surface area contributed by atoms with Crippen molar-refractivity contribution < 1.29 is 9.13 Å². The van der Waals surface area contributed by atoms with Gasteiger partial charge in [-0.25, -0.2) is 4.39 Å². The predicted molar refractivity (Wildman–Crippen MR) is 42.5 cm³/mol. The van der Waals surface area contributed by atoms with Crippen molar-refractivity contribution in [3.63, 3.8) is 0 Å². The first-order valence-electron chi connectivity index (χ1n) is 3.27. The number of methoxy groups -OCH3 is 1. The maximum absolute atomic E-state index is 12.9. The molecule has 1 nitrogen and oxygen atoms in total. The van der Waals surface area contributed by atoms with Gasteiger partial charge in [0.15, 0.2) is 0 Å². The van der Waals surface area contributed by atoms with E-state index in [0.717, 1.165) is 0 Å². The number of ether oxygens (including phenoxy) is 1. The average Bonchev–Trinajstić information content (AvgIpc) is 1.95. The summed E-state index contributed by atoms with van der Waals surface area (Å²) in [5.74, 6) is -0.313. The van der Waals surface area contributed by atoms with Crippen LogP contribution in [0.5, 0.6) is 0 Å². The number of hydrogen-bond acceptors (Lipinski definition) is 1. The van der Waals surface area contributed by atoms with E-state index in [1.165, 1.54) is 13.2 Å². The molecule has 0 N–H and O–H groups in total. The number of rotatable bonds is 2. The summed E-state index contributed by atoms with van der Waals surface area (Å²) in [4.78, 5) is 0. The minimum atomic E-state index is -0.313. The maximum Gasteiger partial charge on any atom is 0.128 e. The van der Waals surface area contributed by atoms with Crippen LogP contribution in [0.3, 0.4) is 0 Å². The normalized spacial score (nSPS) is 10.0. The molecule has 0 atom stereocenters. The molecule has 1 aromatic rings. The van der Waals surface area contributed by atoms with Gasteiger partial charge in [-0.15, -0.1) is 0 Å².